The molecule has 3 N–H and O–H groups in total. The van der Waals surface area contributed by atoms with E-state index in [1.807, 2.05) is 30.5 Å². The number of fused-ring (bicyclic) bond motifs is 1. The molecule has 5 rings (SSSR count). The van der Waals surface area contributed by atoms with Crippen LogP contribution in [0.25, 0.3) is 22.0 Å². The summed E-state index contributed by atoms with van der Waals surface area (Å²) in [7, 11) is -3.43. The Balaban J connectivity index is 1.47. The fraction of sp³-hybridized carbons (Fsp3) is 0.240. The number of benzene rings is 2. The van der Waals surface area contributed by atoms with Crippen molar-refractivity contribution in [1.82, 2.24) is 9.29 Å². The fourth-order valence-corrected chi connectivity index (χ4v) is 7.23. The Morgan fingerprint density at radius 2 is 1.85 bits per heavy atom. The van der Waals surface area contributed by atoms with Gasteiger partial charge in [0.1, 0.15) is 0 Å². The molecule has 1 amide bonds. The Hall–Kier alpha value is -2.94. The summed E-state index contributed by atoms with van der Waals surface area (Å²) in [4.78, 5) is 15.5. The van der Waals surface area contributed by atoms with E-state index in [1.54, 1.807) is 21.1 Å². The molecule has 0 saturated carbocycles. The molecule has 0 spiro atoms. The van der Waals surface area contributed by atoms with E-state index in [0.29, 0.717) is 18.0 Å². The summed E-state index contributed by atoms with van der Waals surface area (Å²) in [6.07, 6.45) is 3.67. The lowest BCUT2D eigenvalue weighted by Crippen LogP contribution is -2.37. The molecule has 2 aromatic heterocycles. The standard InChI is InChI=1S/C25H25N3O3S2/c26-24(29)14-20-12-19(17-4-2-1-3-5-17)13-22-23(15-27-25(20)22)18-6-9-28(10-7-18)33(30,31)21-8-11-32-16-21/h1-5,8,11-13,15-16,18,27H,6-7,9-10,14H2,(H2,26,29). The summed E-state index contributed by atoms with van der Waals surface area (Å²) in [5, 5.41) is 4.55. The minimum absolute atomic E-state index is 0.161. The van der Waals surface area contributed by atoms with E-state index in [1.165, 1.54) is 16.9 Å². The number of rotatable bonds is 6. The van der Waals surface area contributed by atoms with Crippen molar-refractivity contribution in [3.63, 3.8) is 0 Å². The number of primary amides is 1. The predicted octanol–water partition coefficient (Wildman–Crippen LogP) is 4.49. The van der Waals surface area contributed by atoms with Crippen molar-refractivity contribution < 1.29 is 13.2 Å². The van der Waals surface area contributed by atoms with Crippen LogP contribution in [0.4, 0.5) is 0 Å². The summed E-state index contributed by atoms with van der Waals surface area (Å²) in [6, 6.07) is 15.9. The molecule has 6 nitrogen and oxygen atoms in total. The second kappa shape index (κ2) is 8.78. The Morgan fingerprint density at radius 1 is 1.09 bits per heavy atom. The van der Waals surface area contributed by atoms with Gasteiger partial charge in [0.15, 0.2) is 0 Å². The molecule has 8 heteroatoms. The Bertz CT molecular complexity index is 1390. The number of sulfonamides is 1. The van der Waals surface area contributed by atoms with Crippen molar-refractivity contribution >= 4 is 38.2 Å². The van der Waals surface area contributed by atoms with E-state index in [-0.39, 0.29) is 18.2 Å². The zero-order chi connectivity index (χ0) is 23.0. The second-order valence-corrected chi connectivity index (χ2v) is 11.2. The number of nitrogens with zero attached hydrogens (tertiary/aromatic N) is 1. The van der Waals surface area contributed by atoms with Crippen LogP contribution in [0.5, 0.6) is 0 Å². The minimum Gasteiger partial charge on any atom is -0.369 e. The highest BCUT2D eigenvalue weighted by atomic mass is 32.2. The number of aromatic amines is 1. The third kappa shape index (κ3) is 4.21. The van der Waals surface area contributed by atoms with Gasteiger partial charge in [-0.15, -0.1) is 0 Å². The number of piperidine rings is 1. The zero-order valence-corrected chi connectivity index (χ0v) is 19.7. The number of nitrogens with two attached hydrogens (primary N) is 1. The molecule has 3 heterocycles. The zero-order valence-electron chi connectivity index (χ0n) is 18.0. The van der Waals surface area contributed by atoms with Gasteiger partial charge in [-0.05, 0) is 64.6 Å². The van der Waals surface area contributed by atoms with Gasteiger partial charge in [-0.1, -0.05) is 30.3 Å². The van der Waals surface area contributed by atoms with Crippen LogP contribution >= 0.6 is 11.3 Å². The van der Waals surface area contributed by atoms with Crippen molar-refractivity contribution in [2.45, 2.75) is 30.1 Å². The molecule has 2 aromatic carbocycles. The first-order valence-corrected chi connectivity index (χ1v) is 13.3. The number of amides is 1. The van der Waals surface area contributed by atoms with Gasteiger partial charge in [0, 0.05) is 35.6 Å². The van der Waals surface area contributed by atoms with Gasteiger partial charge in [-0.2, -0.15) is 15.6 Å². The highest BCUT2D eigenvalue weighted by molar-refractivity contribution is 7.89. The summed E-state index contributed by atoms with van der Waals surface area (Å²) in [5.74, 6) is -0.135. The van der Waals surface area contributed by atoms with Crippen LogP contribution < -0.4 is 5.73 Å². The van der Waals surface area contributed by atoms with E-state index in [0.717, 1.165) is 40.4 Å². The second-order valence-electron chi connectivity index (χ2n) is 8.45. The molecule has 4 aromatic rings. The molecule has 0 radical (unpaired) electrons. The quantitative estimate of drug-likeness (QED) is 0.426. The lowest BCUT2D eigenvalue weighted by molar-refractivity contribution is -0.117. The number of hydrogen-bond acceptors (Lipinski definition) is 4. The van der Waals surface area contributed by atoms with Gasteiger partial charge in [0.25, 0.3) is 0 Å². The molecule has 0 unspecified atom stereocenters. The highest BCUT2D eigenvalue weighted by Crippen LogP contribution is 2.38. The molecular weight excluding hydrogens is 454 g/mol. The normalized spacial score (nSPS) is 15.8. The van der Waals surface area contributed by atoms with Crippen LogP contribution in [0.1, 0.15) is 29.9 Å². The van der Waals surface area contributed by atoms with E-state index < -0.39 is 10.0 Å². The maximum atomic E-state index is 12.9. The maximum Gasteiger partial charge on any atom is 0.243 e. The van der Waals surface area contributed by atoms with Crippen LogP contribution in [0, 0.1) is 0 Å². The van der Waals surface area contributed by atoms with Crippen molar-refractivity contribution in [1.29, 1.82) is 0 Å². The molecule has 33 heavy (non-hydrogen) atoms. The molecular formula is C25H25N3O3S2. The Kier molecular flexibility index (Phi) is 5.82. The average molecular weight is 480 g/mol. The van der Waals surface area contributed by atoms with Gasteiger partial charge in [0.2, 0.25) is 15.9 Å². The number of carbonyl (C=O) groups excluding carboxylic acids is 1. The van der Waals surface area contributed by atoms with Gasteiger partial charge in [0.05, 0.1) is 11.3 Å². The van der Waals surface area contributed by atoms with Gasteiger partial charge < -0.3 is 10.7 Å². The van der Waals surface area contributed by atoms with Crippen molar-refractivity contribution in [3.8, 4) is 11.1 Å². The smallest absolute Gasteiger partial charge is 0.243 e. The molecule has 1 aliphatic heterocycles. The SMILES string of the molecule is NC(=O)Cc1cc(-c2ccccc2)cc2c(C3CCN(S(=O)(=O)c4ccsc4)CC3)c[nH]c12. The van der Waals surface area contributed by atoms with E-state index in [4.69, 9.17) is 5.73 Å². The van der Waals surface area contributed by atoms with E-state index in [2.05, 4.69) is 23.2 Å². The molecule has 1 saturated heterocycles. The topological polar surface area (TPSA) is 96.3 Å². The van der Waals surface area contributed by atoms with Crippen LogP contribution in [0.3, 0.4) is 0 Å². The summed E-state index contributed by atoms with van der Waals surface area (Å²) < 4.78 is 27.4. The summed E-state index contributed by atoms with van der Waals surface area (Å²) in [6.45, 7) is 0.976. The van der Waals surface area contributed by atoms with E-state index in [9.17, 15) is 13.2 Å². The third-order valence-electron chi connectivity index (χ3n) is 6.40. The predicted molar refractivity (Wildman–Crippen MR) is 132 cm³/mol. The number of aromatic nitrogens is 1. The largest absolute Gasteiger partial charge is 0.369 e. The molecule has 0 atom stereocenters. The first-order chi connectivity index (χ1) is 15.9. The lowest BCUT2D eigenvalue weighted by atomic mass is 9.88. The molecule has 0 aliphatic carbocycles. The monoisotopic (exact) mass is 479 g/mol. The maximum absolute atomic E-state index is 12.9. The first kappa shape index (κ1) is 21.9. The van der Waals surface area contributed by atoms with Crippen molar-refractivity contribution in [2.24, 2.45) is 5.73 Å². The number of hydrogen-bond donors (Lipinski definition) is 2. The molecule has 170 valence electrons. The first-order valence-electron chi connectivity index (χ1n) is 10.9. The number of carbonyl (C=O) groups is 1. The van der Waals surface area contributed by atoms with Crippen molar-refractivity contribution in [2.75, 3.05) is 13.1 Å². The van der Waals surface area contributed by atoms with Crippen LogP contribution in [-0.4, -0.2) is 36.7 Å². The van der Waals surface area contributed by atoms with Crippen molar-refractivity contribution in [3.05, 3.63) is 76.6 Å². The molecule has 1 aliphatic rings. The summed E-state index contributed by atoms with van der Waals surface area (Å²) in [5.41, 5.74) is 10.6. The number of nitrogens with one attached hydrogen (secondary N) is 1. The number of thiophene rings is 1. The van der Waals surface area contributed by atoms with Gasteiger partial charge in [-0.3, -0.25) is 4.79 Å². The lowest BCUT2D eigenvalue weighted by Gasteiger charge is -2.31. The Labute approximate surface area is 197 Å². The minimum atomic E-state index is -3.43. The average Bonchev–Trinajstić information content (AvgIpc) is 3.50. The third-order valence-corrected chi connectivity index (χ3v) is 9.13. The van der Waals surface area contributed by atoms with Gasteiger partial charge >= 0.3 is 0 Å². The van der Waals surface area contributed by atoms with Crippen LogP contribution in [-0.2, 0) is 21.2 Å². The number of H-pyrrole nitrogens is 1. The summed E-state index contributed by atoms with van der Waals surface area (Å²) >= 11 is 1.39. The Morgan fingerprint density at radius 3 is 2.52 bits per heavy atom. The van der Waals surface area contributed by atoms with Gasteiger partial charge in [-0.25, -0.2) is 8.42 Å². The fourth-order valence-electron chi connectivity index (χ4n) is 4.75. The molecule has 0 bridgehead atoms. The highest BCUT2D eigenvalue weighted by Gasteiger charge is 2.31. The van der Waals surface area contributed by atoms with Crippen LogP contribution in [0.15, 0.2) is 70.4 Å². The van der Waals surface area contributed by atoms with Crippen LogP contribution in [0.2, 0.25) is 0 Å². The van der Waals surface area contributed by atoms with E-state index >= 15 is 0 Å². The molecule has 1 fully saturated rings.